The summed E-state index contributed by atoms with van der Waals surface area (Å²) in [5, 5.41) is 10.6. The van der Waals surface area contributed by atoms with E-state index in [-0.39, 0.29) is 38.1 Å². The maximum absolute atomic E-state index is 13.2. The Bertz CT molecular complexity index is 449. The Morgan fingerprint density at radius 3 is 2.39 bits per heavy atom. The van der Waals surface area contributed by atoms with E-state index in [1.165, 1.54) is 12.1 Å². The maximum atomic E-state index is 13.2. The number of alkyl halides is 2. The van der Waals surface area contributed by atoms with Crippen molar-refractivity contribution in [3.8, 4) is 0 Å². The summed E-state index contributed by atoms with van der Waals surface area (Å²) in [6.45, 7) is 0.147. The lowest BCUT2D eigenvalue weighted by Gasteiger charge is -2.37. The highest BCUT2D eigenvalue weighted by Crippen LogP contribution is 2.45. The lowest BCUT2D eigenvalue weighted by molar-refractivity contribution is -0.402. The molecule has 0 aromatic carbocycles. The number of hydrogen-bond donors (Lipinski definition) is 1. The summed E-state index contributed by atoms with van der Waals surface area (Å²) in [5.74, 6) is -2.71. The van der Waals surface area contributed by atoms with Gasteiger partial charge in [0.2, 0.25) is 5.92 Å². The predicted molar refractivity (Wildman–Crippen MR) is 59.5 cm³/mol. The molecule has 5 nitrogen and oxygen atoms in total. The molecule has 1 heterocycles. The average molecular weight is 260 g/mol. The van der Waals surface area contributed by atoms with E-state index in [9.17, 15) is 18.9 Å². The van der Waals surface area contributed by atoms with Crippen LogP contribution in [0, 0.1) is 10.1 Å². The van der Waals surface area contributed by atoms with Crippen LogP contribution in [0.2, 0.25) is 0 Å². The van der Waals surface area contributed by atoms with Crippen LogP contribution in [0.15, 0.2) is 16.5 Å². The molecule has 1 fully saturated rings. The Morgan fingerprint density at radius 2 is 1.94 bits per heavy atom. The van der Waals surface area contributed by atoms with Crippen molar-refractivity contribution in [2.45, 2.75) is 37.0 Å². The van der Waals surface area contributed by atoms with Crippen molar-refractivity contribution in [1.82, 2.24) is 0 Å². The van der Waals surface area contributed by atoms with Crippen LogP contribution in [0.25, 0.3) is 0 Å². The summed E-state index contributed by atoms with van der Waals surface area (Å²) >= 11 is 0. The van der Waals surface area contributed by atoms with Crippen LogP contribution in [-0.2, 0) is 5.41 Å². The van der Waals surface area contributed by atoms with E-state index in [0.29, 0.717) is 5.76 Å². The fourth-order valence-corrected chi connectivity index (χ4v) is 2.36. The molecule has 0 saturated heterocycles. The van der Waals surface area contributed by atoms with Crippen LogP contribution >= 0.6 is 0 Å². The molecule has 1 aliphatic carbocycles. The first-order valence-electron chi connectivity index (χ1n) is 5.71. The minimum absolute atomic E-state index is 0.147. The molecule has 0 amide bonds. The lowest BCUT2D eigenvalue weighted by Crippen LogP contribution is -2.41. The molecule has 2 rings (SSSR count). The SMILES string of the molecule is NCC1(c2ccc([N+](=O)[O-])o2)CCC(F)(F)CC1. The van der Waals surface area contributed by atoms with Crippen molar-refractivity contribution in [3.63, 3.8) is 0 Å². The number of nitro groups is 1. The Hall–Kier alpha value is -1.50. The van der Waals surface area contributed by atoms with Gasteiger partial charge in [-0.05, 0) is 18.9 Å². The van der Waals surface area contributed by atoms with Crippen LogP contribution in [-0.4, -0.2) is 17.4 Å². The Morgan fingerprint density at radius 1 is 1.33 bits per heavy atom. The monoisotopic (exact) mass is 260 g/mol. The minimum atomic E-state index is -2.67. The molecule has 1 aliphatic rings. The molecule has 2 N–H and O–H groups in total. The summed E-state index contributed by atoms with van der Waals surface area (Å²) in [6.07, 6.45) is -0.167. The molecule has 0 radical (unpaired) electrons. The van der Waals surface area contributed by atoms with Crippen LogP contribution in [0.4, 0.5) is 14.7 Å². The maximum Gasteiger partial charge on any atom is 0.433 e. The van der Waals surface area contributed by atoms with Gasteiger partial charge in [0, 0.05) is 24.8 Å². The Labute approximate surface area is 102 Å². The molecule has 1 aromatic rings. The van der Waals surface area contributed by atoms with Crippen molar-refractivity contribution in [2.24, 2.45) is 5.73 Å². The number of nitrogens with two attached hydrogens (primary N) is 1. The smallest absolute Gasteiger partial charge is 0.405 e. The van der Waals surface area contributed by atoms with Gasteiger partial charge in [-0.2, -0.15) is 0 Å². The third kappa shape index (κ3) is 2.22. The zero-order valence-corrected chi connectivity index (χ0v) is 9.70. The molecule has 18 heavy (non-hydrogen) atoms. The molecule has 0 aliphatic heterocycles. The highest BCUT2D eigenvalue weighted by Gasteiger charge is 2.45. The van der Waals surface area contributed by atoms with Crippen molar-refractivity contribution >= 4 is 5.88 Å². The second-order valence-corrected chi connectivity index (χ2v) is 4.74. The summed E-state index contributed by atoms with van der Waals surface area (Å²) < 4.78 is 31.4. The van der Waals surface area contributed by atoms with E-state index in [2.05, 4.69) is 0 Å². The van der Waals surface area contributed by atoms with Gasteiger partial charge >= 0.3 is 5.88 Å². The molecular formula is C11H14F2N2O3. The minimum Gasteiger partial charge on any atom is -0.405 e. The second kappa shape index (κ2) is 4.31. The third-order valence-electron chi connectivity index (χ3n) is 3.62. The highest BCUT2D eigenvalue weighted by atomic mass is 19.3. The van der Waals surface area contributed by atoms with Crippen molar-refractivity contribution in [1.29, 1.82) is 0 Å². The van der Waals surface area contributed by atoms with E-state index >= 15 is 0 Å². The molecule has 1 aromatic heterocycles. The topological polar surface area (TPSA) is 82.3 Å². The van der Waals surface area contributed by atoms with Crippen molar-refractivity contribution in [2.75, 3.05) is 6.54 Å². The van der Waals surface area contributed by atoms with Gasteiger partial charge in [0.25, 0.3) is 0 Å². The summed E-state index contributed by atoms with van der Waals surface area (Å²) in [7, 11) is 0. The Balaban J connectivity index is 2.25. The molecule has 0 spiro atoms. The van der Waals surface area contributed by atoms with E-state index in [1.807, 2.05) is 0 Å². The molecule has 100 valence electrons. The zero-order chi connectivity index (χ0) is 13.4. The number of hydrogen-bond acceptors (Lipinski definition) is 4. The van der Waals surface area contributed by atoms with Crippen LogP contribution in [0.1, 0.15) is 31.4 Å². The largest absolute Gasteiger partial charge is 0.433 e. The van der Waals surface area contributed by atoms with Crippen LogP contribution in [0.5, 0.6) is 0 Å². The second-order valence-electron chi connectivity index (χ2n) is 4.74. The third-order valence-corrected chi connectivity index (χ3v) is 3.62. The van der Waals surface area contributed by atoms with Gasteiger partial charge in [-0.15, -0.1) is 0 Å². The normalized spacial score (nSPS) is 21.7. The van der Waals surface area contributed by atoms with Crippen molar-refractivity contribution in [3.05, 3.63) is 28.0 Å². The van der Waals surface area contributed by atoms with Gasteiger partial charge in [0.15, 0.2) is 0 Å². The summed E-state index contributed by atoms with van der Waals surface area (Å²) in [6, 6.07) is 2.70. The first-order valence-corrected chi connectivity index (χ1v) is 5.71. The van der Waals surface area contributed by atoms with E-state index in [0.717, 1.165) is 0 Å². The van der Waals surface area contributed by atoms with Crippen LogP contribution in [0.3, 0.4) is 0 Å². The molecular weight excluding hydrogens is 246 g/mol. The average Bonchev–Trinajstić information content (AvgIpc) is 2.80. The summed E-state index contributed by atoms with van der Waals surface area (Å²) in [4.78, 5) is 9.91. The number of furan rings is 1. The van der Waals surface area contributed by atoms with Gasteiger partial charge in [0.05, 0.1) is 6.07 Å². The van der Waals surface area contributed by atoms with E-state index in [4.69, 9.17) is 10.2 Å². The highest BCUT2D eigenvalue weighted by molar-refractivity contribution is 5.25. The quantitative estimate of drug-likeness (QED) is 0.668. The number of halogens is 2. The predicted octanol–water partition coefficient (Wildman–Crippen LogP) is 2.59. The first kappa shape index (κ1) is 12.9. The fraction of sp³-hybridized carbons (Fsp3) is 0.636. The number of rotatable bonds is 3. The van der Waals surface area contributed by atoms with Crippen LogP contribution < -0.4 is 5.73 Å². The zero-order valence-electron chi connectivity index (χ0n) is 9.70. The molecule has 0 unspecified atom stereocenters. The molecule has 7 heteroatoms. The fourth-order valence-electron chi connectivity index (χ4n) is 2.36. The van der Waals surface area contributed by atoms with Gasteiger partial charge in [-0.3, -0.25) is 10.1 Å². The summed E-state index contributed by atoms with van der Waals surface area (Å²) in [5.41, 5.74) is 4.97. The van der Waals surface area contributed by atoms with Crippen molar-refractivity contribution < 1.29 is 18.1 Å². The standard InChI is InChI=1S/C11H14F2N2O3/c12-11(13)5-3-10(7-14,4-6-11)8-1-2-9(18-8)15(16)17/h1-2H,3-7,14H2. The number of nitrogens with zero attached hydrogens (tertiary/aromatic N) is 1. The van der Waals surface area contributed by atoms with Gasteiger partial charge < -0.3 is 10.2 Å². The van der Waals surface area contributed by atoms with E-state index < -0.39 is 16.3 Å². The van der Waals surface area contributed by atoms with Gasteiger partial charge in [0.1, 0.15) is 10.7 Å². The molecule has 0 atom stereocenters. The molecule has 1 saturated carbocycles. The van der Waals surface area contributed by atoms with E-state index in [1.54, 1.807) is 0 Å². The van der Waals surface area contributed by atoms with Gasteiger partial charge in [-0.1, -0.05) is 0 Å². The first-order chi connectivity index (χ1) is 8.38. The Kier molecular flexibility index (Phi) is 3.10. The molecule has 0 bridgehead atoms. The lowest BCUT2D eigenvalue weighted by atomic mass is 9.71. The van der Waals surface area contributed by atoms with Gasteiger partial charge in [-0.25, -0.2) is 8.78 Å².